The van der Waals surface area contributed by atoms with Crippen molar-refractivity contribution in [1.29, 1.82) is 0 Å². The maximum Gasteiger partial charge on any atom is 0.0159 e. The summed E-state index contributed by atoms with van der Waals surface area (Å²) in [7, 11) is 0. The van der Waals surface area contributed by atoms with Gasteiger partial charge < -0.3 is 0 Å². The predicted octanol–water partition coefficient (Wildman–Crippen LogP) is 15.3. The molecule has 1 aliphatic carbocycles. The zero-order valence-electron chi connectivity index (χ0n) is 31.0. The van der Waals surface area contributed by atoms with Crippen molar-refractivity contribution in [1.82, 2.24) is 0 Å². The molecule has 0 N–H and O–H groups in total. The molecular formula is C55H38. The van der Waals surface area contributed by atoms with Crippen LogP contribution in [-0.2, 0) is 5.41 Å². The SMILES string of the molecule is CC1(C)c2ccccc2-c2ccc(-c3c4ccccc4c(-c4ccc(-c5cccc6ccccc56)cc4)c4ccc(-c5cccc6ccccc56)cc34)cc21. The minimum absolute atomic E-state index is 0.0899. The summed E-state index contributed by atoms with van der Waals surface area (Å²) in [5.41, 5.74) is 15.4. The van der Waals surface area contributed by atoms with E-state index in [0.717, 1.165) is 0 Å². The van der Waals surface area contributed by atoms with Crippen LogP contribution in [0, 0.1) is 0 Å². The molecule has 0 aliphatic heterocycles. The average molecular weight is 699 g/mol. The van der Waals surface area contributed by atoms with E-state index in [1.807, 2.05) is 0 Å². The van der Waals surface area contributed by atoms with Crippen LogP contribution in [0.5, 0.6) is 0 Å². The van der Waals surface area contributed by atoms with Gasteiger partial charge in [-0.1, -0.05) is 196 Å². The van der Waals surface area contributed by atoms with Crippen molar-refractivity contribution in [3.63, 3.8) is 0 Å². The highest BCUT2D eigenvalue weighted by Crippen LogP contribution is 2.51. The topological polar surface area (TPSA) is 0 Å². The van der Waals surface area contributed by atoms with Crippen molar-refractivity contribution in [3.05, 3.63) is 205 Å². The van der Waals surface area contributed by atoms with Crippen molar-refractivity contribution in [2.45, 2.75) is 19.3 Å². The molecule has 0 heterocycles. The minimum atomic E-state index is -0.0899. The molecule has 0 bridgehead atoms. The van der Waals surface area contributed by atoms with Gasteiger partial charge >= 0.3 is 0 Å². The molecule has 11 rings (SSSR count). The van der Waals surface area contributed by atoms with Gasteiger partial charge in [-0.25, -0.2) is 0 Å². The van der Waals surface area contributed by atoms with Crippen LogP contribution in [0.2, 0.25) is 0 Å². The third-order valence-electron chi connectivity index (χ3n) is 12.3. The number of rotatable bonds is 4. The lowest BCUT2D eigenvalue weighted by molar-refractivity contribution is 0.660. The molecule has 0 saturated heterocycles. The lowest BCUT2D eigenvalue weighted by Crippen LogP contribution is -2.14. The molecule has 0 radical (unpaired) electrons. The van der Waals surface area contributed by atoms with Gasteiger partial charge in [-0.3, -0.25) is 0 Å². The standard InChI is InChI=1S/C55H38/c1-55(2)51-24-10-9-19-45(51)46-31-30-40(34-52(46)55)54-48-21-8-7-20-47(48)53(38-27-25-37(26-28-38)43-22-11-15-35-13-3-5-17-41(35)43)49-32-29-39(33-50(49)54)44-23-12-16-36-14-4-6-18-42(36)44/h3-34H,1-2H3. The van der Waals surface area contributed by atoms with Crippen molar-refractivity contribution >= 4 is 43.1 Å². The van der Waals surface area contributed by atoms with Crippen LogP contribution in [0.4, 0.5) is 0 Å². The number of benzene rings is 10. The highest BCUT2D eigenvalue weighted by Gasteiger charge is 2.35. The fourth-order valence-electron chi connectivity index (χ4n) is 9.60. The van der Waals surface area contributed by atoms with Crippen LogP contribution in [0.25, 0.3) is 98.7 Å². The summed E-state index contributed by atoms with van der Waals surface area (Å²) in [6.07, 6.45) is 0. The van der Waals surface area contributed by atoms with Crippen LogP contribution < -0.4 is 0 Å². The zero-order chi connectivity index (χ0) is 36.7. The van der Waals surface area contributed by atoms with Crippen molar-refractivity contribution in [3.8, 4) is 55.6 Å². The Morgan fingerprint density at radius 2 is 0.727 bits per heavy atom. The quantitative estimate of drug-likeness (QED) is 0.161. The van der Waals surface area contributed by atoms with Gasteiger partial charge in [0.25, 0.3) is 0 Å². The van der Waals surface area contributed by atoms with Crippen LogP contribution in [0.15, 0.2) is 194 Å². The second-order valence-corrected chi connectivity index (χ2v) is 15.6. The molecule has 10 aromatic carbocycles. The molecule has 1 aliphatic rings. The molecule has 0 spiro atoms. The molecule has 0 nitrogen and oxygen atoms in total. The molecule has 10 aromatic rings. The van der Waals surface area contributed by atoms with Gasteiger partial charge in [0, 0.05) is 5.41 Å². The van der Waals surface area contributed by atoms with Gasteiger partial charge in [-0.15, -0.1) is 0 Å². The highest BCUT2D eigenvalue weighted by molar-refractivity contribution is 6.22. The van der Waals surface area contributed by atoms with E-state index >= 15 is 0 Å². The molecule has 0 fully saturated rings. The smallest absolute Gasteiger partial charge is 0.0159 e. The fraction of sp³-hybridized carbons (Fsp3) is 0.0545. The van der Waals surface area contributed by atoms with Gasteiger partial charge in [0.2, 0.25) is 0 Å². The molecule has 0 amide bonds. The first-order valence-electron chi connectivity index (χ1n) is 19.3. The number of fused-ring (bicyclic) bond motifs is 7. The molecule has 55 heavy (non-hydrogen) atoms. The fourth-order valence-corrected chi connectivity index (χ4v) is 9.60. The molecule has 258 valence electrons. The van der Waals surface area contributed by atoms with E-state index in [0.29, 0.717) is 0 Å². The normalized spacial score (nSPS) is 13.1. The number of hydrogen-bond acceptors (Lipinski definition) is 0. The Labute approximate surface area is 322 Å². The van der Waals surface area contributed by atoms with Gasteiger partial charge in [-0.05, 0) is 122 Å². The monoisotopic (exact) mass is 698 g/mol. The lowest BCUT2D eigenvalue weighted by Gasteiger charge is -2.23. The van der Waals surface area contributed by atoms with Crippen LogP contribution in [-0.4, -0.2) is 0 Å². The van der Waals surface area contributed by atoms with E-state index in [1.165, 1.54) is 110 Å². The summed E-state index contributed by atoms with van der Waals surface area (Å²) in [5, 5.41) is 10.1. The highest BCUT2D eigenvalue weighted by atomic mass is 14.4. The molecule has 0 saturated carbocycles. The zero-order valence-corrected chi connectivity index (χ0v) is 31.0. The summed E-state index contributed by atoms with van der Waals surface area (Å²) in [5.74, 6) is 0. The molecule has 0 unspecified atom stereocenters. The van der Waals surface area contributed by atoms with Gasteiger partial charge in [0.15, 0.2) is 0 Å². The van der Waals surface area contributed by atoms with Crippen LogP contribution >= 0.6 is 0 Å². The number of hydrogen-bond donors (Lipinski definition) is 0. The molecule has 0 aromatic heterocycles. The summed E-state index contributed by atoms with van der Waals surface area (Å²) in [4.78, 5) is 0. The summed E-state index contributed by atoms with van der Waals surface area (Å²) in [6.45, 7) is 4.75. The second-order valence-electron chi connectivity index (χ2n) is 15.6. The van der Waals surface area contributed by atoms with E-state index < -0.39 is 0 Å². The minimum Gasteiger partial charge on any atom is -0.0619 e. The van der Waals surface area contributed by atoms with Crippen LogP contribution in [0.1, 0.15) is 25.0 Å². The lowest BCUT2D eigenvalue weighted by atomic mass is 9.80. The maximum atomic E-state index is 2.49. The summed E-state index contributed by atoms with van der Waals surface area (Å²) >= 11 is 0. The Morgan fingerprint density at radius 3 is 1.42 bits per heavy atom. The van der Waals surface area contributed by atoms with Crippen molar-refractivity contribution in [2.75, 3.05) is 0 Å². The molecular weight excluding hydrogens is 661 g/mol. The first kappa shape index (κ1) is 31.7. The maximum absolute atomic E-state index is 2.49. The van der Waals surface area contributed by atoms with Gasteiger partial charge in [0.1, 0.15) is 0 Å². The Kier molecular flexibility index (Phi) is 7.00. The summed E-state index contributed by atoms with van der Waals surface area (Å²) in [6, 6.07) is 72.3. The Hall–Kier alpha value is -6.76. The van der Waals surface area contributed by atoms with E-state index in [9.17, 15) is 0 Å². The van der Waals surface area contributed by atoms with Crippen molar-refractivity contribution in [2.24, 2.45) is 0 Å². The first-order chi connectivity index (χ1) is 27.0. The second kappa shape index (κ2) is 12.1. The van der Waals surface area contributed by atoms with Crippen LogP contribution in [0.3, 0.4) is 0 Å². The summed E-state index contributed by atoms with van der Waals surface area (Å²) < 4.78 is 0. The van der Waals surface area contributed by atoms with E-state index in [1.54, 1.807) is 0 Å². The van der Waals surface area contributed by atoms with Gasteiger partial charge in [-0.2, -0.15) is 0 Å². The average Bonchev–Trinajstić information content (AvgIpc) is 3.47. The molecule has 0 heteroatoms. The van der Waals surface area contributed by atoms with Crippen molar-refractivity contribution < 1.29 is 0 Å². The van der Waals surface area contributed by atoms with E-state index in [-0.39, 0.29) is 5.41 Å². The van der Waals surface area contributed by atoms with Gasteiger partial charge in [0.05, 0.1) is 0 Å². The third kappa shape index (κ3) is 4.85. The largest absolute Gasteiger partial charge is 0.0619 e. The van der Waals surface area contributed by atoms with E-state index in [2.05, 4.69) is 208 Å². The Balaban J connectivity index is 1.18. The van der Waals surface area contributed by atoms with E-state index in [4.69, 9.17) is 0 Å². The first-order valence-corrected chi connectivity index (χ1v) is 19.3. The Morgan fingerprint density at radius 1 is 0.273 bits per heavy atom. The third-order valence-corrected chi connectivity index (χ3v) is 12.3. The Bertz CT molecular complexity index is 3150. The predicted molar refractivity (Wildman–Crippen MR) is 236 cm³/mol. The molecule has 0 atom stereocenters.